The van der Waals surface area contributed by atoms with Gasteiger partial charge in [-0.3, -0.25) is 25.1 Å². The molecule has 0 aromatic carbocycles. The van der Waals surface area contributed by atoms with Crippen LogP contribution in [0.3, 0.4) is 0 Å². The van der Waals surface area contributed by atoms with Crippen LogP contribution in [0.2, 0.25) is 0 Å². The summed E-state index contributed by atoms with van der Waals surface area (Å²) in [5.74, 6) is -0.0302. The fourth-order valence-electron chi connectivity index (χ4n) is 4.70. The van der Waals surface area contributed by atoms with Crippen LogP contribution >= 0.6 is 11.8 Å². The van der Waals surface area contributed by atoms with Crippen molar-refractivity contribution in [2.75, 3.05) is 18.8 Å². The molecule has 3 amide bonds. The van der Waals surface area contributed by atoms with Crippen LogP contribution in [0.4, 0.5) is 4.79 Å². The van der Waals surface area contributed by atoms with E-state index >= 15 is 0 Å². The molecule has 0 aromatic heterocycles. The molecule has 4 rings (SSSR count). The van der Waals surface area contributed by atoms with Gasteiger partial charge in [-0.2, -0.15) is 0 Å². The fraction of sp³-hybridized carbons (Fsp3) is 0.842. The maximum absolute atomic E-state index is 12.7. The monoisotopic (exact) mass is 410 g/mol. The maximum atomic E-state index is 12.7. The Labute approximate surface area is 169 Å². The highest BCUT2D eigenvalue weighted by Crippen LogP contribution is 2.31. The SMILES string of the molecule is O=C(NC(=O)C1CCSC1NC(=O)C1CN2CCCCC2N1)OC1CCCC1. The zero-order valence-corrected chi connectivity index (χ0v) is 17.0. The van der Waals surface area contributed by atoms with Gasteiger partial charge < -0.3 is 10.1 Å². The summed E-state index contributed by atoms with van der Waals surface area (Å²) in [4.78, 5) is 39.6. The van der Waals surface area contributed by atoms with Crippen LogP contribution in [0.1, 0.15) is 51.4 Å². The quantitative estimate of drug-likeness (QED) is 0.640. The molecule has 1 saturated carbocycles. The molecule has 8 nitrogen and oxygen atoms in total. The number of carbonyl (C=O) groups is 3. The number of hydrogen-bond donors (Lipinski definition) is 3. The second kappa shape index (κ2) is 9.00. The van der Waals surface area contributed by atoms with Gasteiger partial charge in [0.2, 0.25) is 11.8 Å². The molecule has 0 aromatic rings. The number of imide groups is 1. The van der Waals surface area contributed by atoms with Gasteiger partial charge in [0, 0.05) is 6.54 Å². The molecule has 156 valence electrons. The van der Waals surface area contributed by atoms with Crippen LogP contribution in [-0.4, -0.2) is 65.3 Å². The first-order valence-electron chi connectivity index (χ1n) is 10.5. The Morgan fingerprint density at radius 1 is 1.00 bits per heavy atom. The number of alkyl carbamates (subject to hydrolysis) is 1. The zero-order chi connectivity index (χ0) is 19.5. The van der Waals surface area contributed by atoms with Gasteiger partial charge >= 0.3 is 6.09 Å². The molecule has 28 heavy (non-hydrogen) atoms. The van der Waals surface area contributed by atoms with Gasteiger partial charge in [-0.1, -0.05) is 0 Å². The first-order valence-corrected chi connectivity index (χ1v) is 11.6. The summed E-state index contributed by atoms with van der Waals surface area (Å²) in [6.45, 7) is 1.76. The van der Waals surface area contributed by atoms with E-state index in [-0.39, 0.29) is 29.3 Å². The van der Waals surface area contributed by atoms with Crippen LogP contribution in [0.5, 0.6) is 0 Å². The fourth-order valence-corrected chi connectivity index (χ4v) is 6.03. The average Bonchev–Trinajstić information content (AvgIpc) is 3.41. The van der Waals surface area contributed by atoms with E-state index in [1.807, 2.05) is 0 Å². The summed E-state index contributed by atoms with van der Waals surface area (Å²) in [5, 5.41) is 8.52. The second-order valence-electron chi connectivity index (χ2n) is 8.22. The molecule has 4 unspecified atom stereocenters. The molecular formula is C19H30N4O4S. The molecule has 0 spiro atoms. The Morgan fingerprint density at radius 2 is 1.79 bits per heavy atom. The minimum atomic E-state index is -0.659. The standard InChI is InChI=1S/C19H30N4O4S/c24-16(22-19(26)27-12-5-1-2-6-12)13-8-10-28-18(13)21-17(25)14-11-23-9-4-3-7-15(23)20-14/h12-15,18,20H,1-11H2,(H,21,25)(H,22,24,26). The van der Waals surface area contributed by atoms with E-state index < -0.39 is 12.0 Å². The molecule has 0 radical (unpaired) electrons. The van der Waals surface area contributed by atoms with E-state index in [1.54, 1.807) is 11.8 Å². The Morgan fingerprint density at radius 3 is 2.57 bits per heavy atom. The van der Waals surface area contributed by atoms with E-state index in [2.05, 4.69) is 20.9 Å². The Balaban J connectivity index is 1.26. The van der Waals surface area contributed by atoms with E-state index in [9.17, 15) is 14.4 Å². The van der Waals surface area contributed by atoms with Gasteiger partial charge in [-0.05, 0) is 63.7 Å². The van der Waals surface area contributed by atoms with Gasteiger partial charge in [0.25, 0.3) is 0 Å². The predicted molar refractivity (Wildman–Crippen MR) is 106 cm³/mol. The summed E-state index contributed by atoms with van der Waals surface area (Å²) >= 11 is 1.57. The minimum absolute atomic E-state index is 0.0554. The van der Waals surface area contributed by atoms with Crippen molar-refractivity contribution in [2.45, 2.75) is 75.1 Å². The lowest BCUT2D eigenvalue weighted by Crippen LogP contribution is -2.50. The highest BCUT2D eigenvalue weighted by atomic mass is 32.2. The lowest BCUT2D eigenvalue weighted by molar-refractivity contribution is -0.126. The van der Waals surface area contributed by atoms with Crippen LogP contribution < -0.4 is 16.0 Å². The normalized spacial score (nSPS) is 33.4. The number of rotatable bonds is 4. The van der Waals surface area contributed by atoms with Crippen molar-refractivity contribution >= 4 is 29.7 Å². The third-order valence-electron chi connectivity index (χ3n) is 6.25. The number of nitrogens with one attached hydrogen (secondary N) is 3. The largest absolute Gasteiger partial charge is 0.446 e. The summed E-state index contributed by atoms with van der Waals surface area (Å²) < 4.78 is 5.31. The first-order chi connectivity index (χ1) is 13.6. The van der Waals surface area contributed by atoms with Crippen molar-refractivity contribution < 1.29 is 19.1 Å². The zero-order valence-electron chi connectivity index (χ0n) is 16.2. The molecule has 0 bridgehead atoms. The topological polar surface area (TPSA) is 99.8 Å². The summed E-state index contributed by atoms with van der Waals surface area (Å²) in [6.07, 6.45) is 7.52. The van der Waals surface area contributed by atoms with Crippen molar-refractivity contribution in [3.05, 3.63) is 0 Å². The molecule has 4 fully saturated rings. The number of carbonyl (C=O) groups excluding carboxylic acids is 3. The molecule has 4 aliphatic rings. The summed E-state index contributed by atoms with van der Waals surface area (Å²) in [6, 6.07) is -0.236. The molecular weight excluding hydrogens is 380 g/mol. The number of hydrogen-bond acceptors (Lipinski definition) is 7. The molecule has 1 aliphatic carbocycles. The van der Waals surface area contributed by atoms with Crippen LogP contribution in [0.15, 0.2) is 0 Å². The van der Waals surface area contributed by atoms with E-state index in [1.165, 1.54) is 12.8 Å². The molecule has 3 heterocycles. The number of ether oxygens (including phenoxy) is 1. The molecule has 9 heteroatoms. The summed E-state index contributed by atoms with van der Waals surface area (Å²) in [5.41, 5.74) is 0. The molecule has 3 N–H and O–H groups in total. The third kappa shape index (κ3) is 4.63. The van der Waals surface area contributed by atoms with Crippen molar-refractivity contribution in [3.63, 3.8) is 0 Å². The van der Waals surface area contributed by atoms with Gasteiger partial charge in [0.1, 0.15) is 12.1 Å². The Hall–Kier alpha value is -1.32. The average molecular weight is 411 g/mol. The Kier molecular flexibility index (Phi) is 6.42. The molecule has 3 saturated heterocycles. The van der Waals surface area contributed by atoms with Gasteiger partial charge in [0.15, 0.2) is 0 Å². The molecule has 3 aliphatic heterocycles. The number of nitrogens with zero attached hydrogens (tertiary/aromatic N) is 1. The highest BCUT2D eigenvalue weighted by molar-refractivity contribution is 8.00. The second-order valence-corrected chi connectivity index (χ2v) is 9.47. The minimum Gasteiger partial charge on any atom is -0.446 e. The lowest BCUT2D eigenvalue weighted by Gasteiger charge is -2.28. The number of piperidine rings is 1. The van der Waals surface area contributed by atoms with Crippen molar-refractivity contribution in [1.29, 1.82) is 0 Å². The number of thioether (sulfide) groups is 1. The van der Waals surface area contributed by atoms with Gasteiger partial charge in [0.05, 0.1) is 17.5 Å². The van der Waals surface area contributed by atoms with Gasteiger partial charge in [-0.25, -0.2) is 4.79 Å². The van der Waals surface area contributed by atoms with E-state index in [0.29, 0.717) is 12.6 Å². The van der Waals surface area contributed by atoms with Crippen molar-refractivity contribution in [1.82, 2.24) is 20.9 Å². The van der Waals surface area contributed by atoms with Gasteiger partial charge in [-0.15, -0.1) is 11.8 Å². The van der Waals surface area contributed by atoms with E-state index in [0.717, 1.165) is 50.9 Å². The number of fused-ring (bicyclic) bond motifs is 1. The third-order valence-corrected chi connectivity index (χ3v) is 7.53. The van der Waals surface area contributed by atoms with Crippen molar-refractivity contribution in [2.24, 2.45) is 5.92 Å². The number of amides is 3. The lowest BCUT2D eigenvalue weighted by atomic mass is 10.1. The van der Waals surface area contributed by atoms with Crippen molar-refractivity contribution in [3.8, 4) is 0 Å². The first kappa shape index (κ1) is 20.0. The van der Waals surface area contributed by atoms with Crippen LogP contribution in [0.25, 0.3) is 0 Å². The highest BCUT2D eigenvalue weighted by Gasteiger charge is 2.40. The summed E-state index contributed by atoms with van der Waals surface area (Å²) in [7, 11) is 0. The van der Waals surface area contributed by atoms with Crippen LogP contribution in [-0.2, 0) is 14.3 Å². The maximum Gasteiger partial charge on any atom is 0.414 e. The van der Waals surface area contributed by atoms with Crippen LogP contribution in [0, 0.1) is 5.92 Å². The molecule has 4 atom stereocenters. The predicted octanol–water partition coefficient (Wildman–Crippen LogP) is 1.16. The smallest absolute Gasteiger partial charge is 0.414 e. The van der Waals surface area contributed by atoms with E-state index in [4.69, 9.17) is 4.74 Å². The Bertz CT molecular complexity index is 599.